The van der Waals surface area contributed by atoms with Gasteiger partial charge in [-0.05, 0) is 74.0 Å². The molecule has 4 aliphatic carbocycles. The van der Waals surface area contributed by atoms with E-state index in [0.29, 0.717) is 12.1 Å². The number of hydrogen-bond acceptors (Lipinski definition) is 3. The van der Waals surface area contributed by atoms with E-state index >= 15 is 0 Å². The van der Waals surface area contributed by atoms with Gasteiger partial charge in [0.15, 0.2) is 11.5 Å². The third kappa shape index (κ3) is 4.06. The van der Waals surface area contributed by atoms with Gasteiger partial charge in [0.05, 0.1) is 7.11 Å². The number of benzene rings is 2. The molecule has 0 amide bonds. The summed E-state index contributed by atoms with van der Waals surface area (Å²) in [6.07, 6.45) is 8.46. The van der Waals surface area contributed by atoms with Gasteiger partial charge < -0.3 is 14.8 Å². The highest BCUT2D eigenvalue weighted by molar-refractivity contribution is 9.10. The minimum Gasteiger partial charge on any atom is -0.493 e. The van der Waals surface area contributed by atoms with Crippen molar-refractivity contribution >= 4 is 15.9 Å². The van der Waals surface area contributed by atoms with E-state index in [1.54, 1.807) is 7.11 Å². The van der Waals surface area contributed by atoms with Crippen LogP contribution in [0.4, 0.5) is 0 Å². The number of nitrogens with one attached hydrogen (secondary N) is 1. The Bertz CT molecular complexity index is 831. The first-order chi connectivity index (χ1) is 14.1. The zero-order valence-corrected chi connectivity index (χ0v) is 18.7. The van der Waals surface area contributed by atoms with Crippen molar-refractivity contribution in [1.82, 2.24) is 5.32 Å². The third-order valence-corrected chi connectivity index (χ3v) is 7.69. The SMILES string of the molecule is COc1cc(Br)cc(CNC23CC4CC(CC(C4)C2)C3)c1OCc1ccccc1. The van der Waals surface area contributed by atoms with E-state index in [0.717, 1.165) is 45.8 Å². The van der Waals surface area contributed by atoms with E-state index in [1.165, 1.54) is 44.1 Å². The van der Waals surface area contributed by atoms with Crippen LogP contribution in [0.15, 0.2) is 46.9 Å². The lowest BCUT2D eigenvalue weighted by Crippen LogP contribution is -2.58. The van der Waals surface area contributed by atoms with Crippen LogP contribution in [-0.2, 0) is 13.2 Å². The second-order valence-electron chi connectivity index (χ2n) is 9.42. The lowest BCUT2D eigenvalue weighted by molar-refractivity contribution is -0.0206. The van der Waals surface area contributed by atoms with Gasteiger partial charge >= 0.3 is 0 Å². The molecule has 0 radical (unpaired) electrons. The Hall–Kier alpha value is -1.52. The van der Waals surface area contributed by atoms with E-state index < -0.39 is 0 Å². The highest BCUT2D eigenvalue weighted by atomic mass is 79.9. The van der Waals surface area contributed by atoms with Gasteiger partial charge in [-0.25, -0.2) is 0 Å². The summed E-state index contributed by atoms with van der Waals surface area (Å²) in [6.45, 7) is 1.37. The van der Waals surface area contributed by atoms with Gasteiger partial charge in [0.1, 0.15) is 6.61 Å². The summed E-state index contributed by atoms with van der Waals surface area (Å²) in [5.74, 6) is 4.48. The maximum atomic E-state index is 6.29. The van der Waals surface area contributed by atoms with Gasteiger partial charge in [-0.3, -0.25) is 0 Å². The van der Waals surface area contributed by atoms with Crippen molar-refractivity contribution in [2.75, 3.05) is 7.11 Å². The molecule has 3 nitrogen and oxygen atoms in total. The van der Waals surface area contributed by atoms with E-state index in [2.05, 4.69) is 39.4 Å². The Morgan fingerprint density at radius 2 is 1.66 bits per heavy atom. The molecule has 4 aliphatic rings. The molecule has 0 unspecified atom stereocenters. The first kappa shape index (κ1) is 19.4. The standard InChI is InChI=1S/C25H30BrNO2/c1-28-23-11-22(26)10-21(24(23)29-16-17-5-3-2-4-6-17)15-27-25-12-18-7-19(13-25)9-20(8-18)14-25/h2-6,10-11,18-20,27H,7-9,12-16H2,1H3. The van der Waals surface area contributed by atoms with Crippen LogP contribution < -0.4 is 14.8 Å². The van der Waals surface area contributed by atoms with Crippen molar-refractivity contribution in [3.63, 3.8) is 0 Å². The number of halogens is 1. The Morgan fingerprint density at radius 3 is 2.28 bits per heavy atom. The molecule has 4 saturated carbocycles. The largest absolute Gasteiger partial charge is 0.493 e. The van der Waals surface area contributed by atoms with Crippen LogP contribution in [0.2, 0.25) is 0 Å². The van der Waals surface area contributed by atoms with Crippen molar-refractivity contribution in [2.24, 2.45) is 17.8 Å². The fraction of sp³-hybridized carbons (Fsp3) is 0.520. The lowest BCUT2D eigenvalue weighted by atomic mass is 9.53. The molecule has 0 atom stereocenters. The van der Waals surface area contributed by atoms with E-state index in [-0.39, 0.29) is 0 Å². The van der Waals surface area contributed by atoms with Crippen molar-refractivity contribution in [1.29, 1.82) is 0 Å². The first-order valence-electron chi connectivity index (χ1n) is 10.9. The molecule has 154 valence electrons. The molecule has 2 aromatic rings. The summed E-state index contributed by atoms with van der Waals surface area (Å²) < 4.78 is 13.0. The van der Waals surface area contributed by atoms with Crippen LogP contribution in [0.1, 0.15) is 49.7 Å². The summed E-state index contributed by atoms with van der Waals surface area (Å²) in [5.41, 5.74) is 2.67. The molecule has 0 aliphatic heterocycles. The summed E-state index contributed by atoms with van der Waals surface area (Å²) in [6, 6.07) is 14.5. The zero-order chi connectivity index (χ0) is 19.8. The molecule has 0 aromatic heterocycles. The molecule has 0 spiro atoms. The maximum Gasteiger partial charge on any atom is 0.166 e. The molecule has 29 heavy (non-hydrogen) atoms. The Labute approximate surface area is 182 Å². The molecule has 0 heterocycles. The van der Waals surface area contributed by atoms with Crippen LogP contribution >= 0.6 is 15.9 Å². The summed E-state index contributed by atoms with van der Waals surface area (Å²) in [7, 11) is 1.72. The maximum absolute atomic E-state index is 6.29. The molecular weight excluding hydrogens is 426 g/mol. The summed E-state index contributed by atoms with van der Waals surface area (Å²) >= 11 is 3.65. The van der Waals surface area contributed by atoms with Gasteiger partial charge in [0, 0.05) is 22.1 Å². The minimum absolute atomic E-state index is 0.334. The fourth-order valence-electron chi connectivity index (χ4n) is 6.41. The Kier molecular flexibility index (Phi) is 5.34. The third-order valence-electron chi connectivity index (χ3n) is 7.23. The van der Waals surface area contributed by atoms with Crippen molar-refractivity contribution in [2.45, 2.75) is 57.2 Å². The second kappa shape index (κ2) is 7.96. The fourth-order valence-corrected chi connectivity index (χ4v) is 6.89. The van der Waals surface area contributed by atoms with Crippen LogP contribution in [0.25, 0.3) is 0 Å². The molecule has 2 aromatic carbocycles. The average Bonchev–Trinajstić information content (AvgIpc) is 2.71. The highest BCUT2D eigenvalue weighted by Gasteiger charge is 2.50. The van der Waals surface area contributed by atoms with E-state index in [4.69, 9.17) is 9.47 Å². The zero-order valence-electron chi connectivity index (χ0n) is 17.1. The normalized spacial score (nSPS) is 29.8. The van der Waals surface area contributed by atoms with Crippen molar-refractivity contribution in [3.05, 3.63) is 58.1 Å². The van der Waals surface area contributed by atoms with E-state index in [1.807, 2.05) is 24.3 Å². The average molecular weight is 456 g/mol. The molecule has 1 N–H and O–H groups in total. The highest BCUT2D eigenvalue weighted by Crippen LogP contribution is 2.55. The van der Waals surface area contributed by atoms with Gasteiger partial charge in [-0.2, -0.15) is 0 Å². The van der Waals surface area contributed by atoms with Crippen molar-refractivity contribution < 1.29 is 9.47 Å². The molecule has 4 fully saturated rings. The Morgan fingerprint density at radius 1 is 1.00 bits per heavy atom. The lowest BCUT2D eigenvalue weighted by Gasteiger charge is -2.57. The van der Waals surface area contributed by atoms with Crippen LogP contribution in [0, 0.1) is 17.8 Å². The van der Waals surface area contributed by atoms with Crippen LogP contribution in [-0.4, -0.2) is 12.6 Å². The number of methoxy groups -OCH3 is 1. The van der Waals surface area contributed by atoms with Crippen LogP contribution in [0.3, 0.4) is 0 Å². The molecule has 6 rings (SSSR count). The summed E-state index contributed by atoms with van der Waals surface area (Å²) in [5, 5.41) is 4.00. The molecule has 4 heteroatoms. The second-order valence-corrected chi connectivity index (χ2v) is 10.3. The van der Waals surface area contributed by atoms with Gasteiger partial charge in [0.25, 0.3) is 0 Å². The van der Waals surface area contributed by atoms with Gasteiger partial charge in [0.2, 0.25) is 0 Å². The Balaban J connectivity index is 1.35. The molecular formula is C25H30BrNO2. The number of hydrogen-bond donors (Lipinski definition) is 1. The molecule has 0 saturated heterocycles. The smallest absolute Gasteiger partial charge is 0.166 e. The quantitative estimate of drug-likeness (QED) is 0.547. The van der Waals surface area contributed by atoms with Crippen LogP contribution in [0.5, 0.6) is 11.5 Å². The first-order valence-corrected chi connectivity index (χ1v) is 11.7. The number of ether oxygens (including phenoxy) is 2. The predicted molar refractivity (Wildman–Crippen MR) is 119 cm³/mol. The monoisotopic (exact) mass is 455 g/mol. The van der Waals surface area contributed by atoms with Crippen molar-refractivity contribution in [3.8, 4) is 11.5 Å². The topological polar surface area (TPSA) is 30.5 Å². The van der Waals surface area contributed by atoms with E-state index in [9.17, 15) is 0 Å². The predicted octanol–water partition coefficient (Wildman–Crippen LogP) is 6.10. The summed E-state index contributed by atoms with van der Waals surface area (Å²) in [4.78, 5) is 0. The molecule has 4 bridgehead atoms. The minimum atomic E-state index is 0.334. The number of rotatable bonds is 7. The van der Waals surface area contributed by atoms with Gasteiger partial charge in [-0.15, -0.1) is 0 Å². The van der Waals surface area contributed by atoms with Gasteiger partial charge in [-0.1, -0.05) is 46.3 Å².